The maximum atomic E-state index is 5.53. The number of nitrogens with two attached hydrogens (primary N) is 2. The summed E-state index contributed by atoms with van der Waals surface area (Å²) in [6.45, 7) is 0.937. The summed E-state index contributed by atoms with van der Waals surface area (Å²) < 4.78 is 1.32. The van der Waals surface area contributed by atoms with Gasteiger partial charge in [-0.1, -0.05) is 0 Å². The molecule has 1 rings (SSSR count). The SMILES string of the molecule is CNCCCc1nnc(N)n1N. The van der Waals surface area contributed by atoms with Crippen LogP contribution in [0, 0.1) is 0 Å². The molecule has 0 saturated carbocycles. The molecule has 6 nitrogen and oxygen atoms in total. The Bertz CT molecular complexity index is 242. The number of anilines is 1. The van der Waals surface area contributed by atoms with Gasteiger partial charge < -0.3 is 16.9 Å². The summed E-state index contributed by atoms with van der Waals surface area (Å²) in [5, 5.41) is 10.5. The third kappa shape index (κ3) is 1.85. The fraction of sp³-hybridized carbons (Fsp3) is 0.667. The first kappa shape index (κ1) is 8.79. The highest BCUT2D eigenvalue weighted by atomic mass is 15.4. The Hall–Kier alpha value is -1.30. The van der Waals surface area contributed by atoms with Crippen molar-refractivity contribution in [3.63, 3.8) is 0 Å². The van der Waals surface area contributed by atoms with E-state index in [1.165, 1.54) is 4.68 Å². The van der Waals surface area contributed by atoms with Crippen molar-refractivity contribution in [1.29, 1.82) is 0 Å². The molecule has 0 bridgehead atoms. The van der Waals surface area contributed by atoms with Crippen LogP contribution in [0.25, 0.3) is 0 Å². The predicted molar refractivity (Wildman–Crippen MR) is 46.8 cm³/mol. The van der Waals surface area contributed by atoms with E-state index in [1.807, 2.05) is 7.05 Å². The largest absolute Gasteiger partial charge is 0.366 e. The Morgan fingerprint density at radius 2 is 2.25 bits per heavy atom. The van der Waals surface area contributed by atoms with Gasteiger partial charge in [-0.25, -0.2) is 4.68 Å². The number of rotatable bonds is 4. The van der Waals surface area contributed by atoms with Gasteiger partial charge in [0.05, 0.1) is 0 Å². The molecule has 0 spiro atoms. The zero-order chi connectivity index (χ0) is 8.97. The van der Waals surface area contributed by atoms with Gasteiger partial charge >= 0.3 is 0 Å². The molecule has 1 aromatic heterocycles. The summed E-state index contributed by atoms with van der Waals surface area (Å²) in [7, 11) is 1.90. The topological polar surface area (TPSA) is 94.8 Å². The molecule has 5 N–H and O–H groups in total. The van der Waals surface area contributed by atoms with Crippen molar-refractivity contribution in [3.05, 3.63) is 5.82 Å². The lowest BCUT2D eigenvalue weighted by atomic mass is 10.3. The zero-order valence-electron chi connectivity index (χ0n) is 7.12. The van der Waals surface area contributed by atoms with Crippen LogP contribution in [-0.4, -0.2) is 28.5 Å². The second kappa shape index (κ2) is 3.91. The lowest BCUT2D eigenvalue weighted by Gasteiger charge is -2.00. The quantitative estimate of drug-likeness (QED) is 0.386. The van der Waals surface area contributed by atoms with Crippen molar-refractivity contribution in [2.45, 2.75) is 12.8 Å². The number of aryl methyl sites for hydroxylation is 1. The Morgan fingerprint density at radius 3 is 2.75 bits per heavy atom. The lowest BCUT2D eigenvalue weighted by Crippen LogP contribution is -2.17. The van der Waals surface area contributed by atoms with Crippen molar-refractivity contribution >= 4 is 5.95 Å². The summed E-state index contributed by atoms with van der Waals surface area (Å²) in [6.07, 6.45) is 1.77. The van der Waals surface area contributed by atoms with E-state index in [2.05, 4.69) is 15.5 Å². The molecule has 0 aliphatic carbocycles. The fourth-order valence-electron chi connectivity index (χ4n) is 0.931. The van der Waals surface area contributed by atoms with Gasteiger partial charge in [0.1, 0.15) is 0 Å². The van der Waals surface area contributed by atoms with Gasteiger partial charge in [-0.15, -0.1) is 10.2 Å². The summed E-state index contributed by atoms with van der Waals surface area (Å²) in [5.74, 6) is 6.51. The van der Waals surface area contributed by atoms with Gasteiger partial charge in [0, 0.05) is 6.42 Å². The van der Waals surface area contributed by atoms with E-state index in [9.17, 15) is 0 Å². The molecule has 6 heteroatoms. The monoisotopic (exact) mass is 170 g/mol. The van der Waals surface area contributed by atoms with E-state index in [0.29, 0.717) is 0 Å². The minimum Gasteiger partial charge on any atom is -0.366 e. The van der Waals surface area contributed by atoms with Crippen LogP contribution in [-0.2, 0) is 6.42 Å². The van der Waals surface area contributed by atoms with Crippen molar-refractivity contribution in [1.82, 2.24) is 20.2 Å². The smallest absolute Gasteiger partial charge is 0.240 e. The fourth-order valence-corrected chi connectivity index (χ4v) is 0.931. The van der Waals surface area contributed by atoms with Gasteiger partial charge in [0.25, 0.3) is 0 Å². The Kier molecular flexibility index (Phi) is 2.87. The minimum atomic E-state index is 0.259. The molecule has 1 aromatic rings. The molecule has 0 aromatic carbocycles. The van der Waals surface area contributed by atoms with Gasteiger partial charge in [0.2, 0.25) is 5.95 Å². The minimum absolute atomic E-state index is 0.259. The van der Waals surface area contributed by atoms with E-state index in [0.717, 1.165) is 25.2 Å². The van der Waals surface area contributed by atoms with Crippen LogP contribution in [0.15, 0.2) is 0 Å². The molecule has 0 amide bonds. The first-order valence-electron chi connectivity index (χ1n) is 3.85. The Labute approximate surface area is 70.9 Å². The van der Waals surface area contributed by atoms with Crippen LogP contribution in [0.2, 0.25) is 0 Å². The number of aromatic nitrogens is 3. The van der Waals surface area contributed by atoms with Crippen LogP contribution in [0.1, 0.15) is 12.2 Å². The molecular formula is C6H14N6. The molecule has 0 aliphatic heterocycles. The third-order valence-electron chi connectivity index (χ3n) is 1.62. The van der Waals surface area contributed by atoms with E-state index < -0.39 is 0 Å². The van der Waals surface area contributed by atoms with Gasteiger partial charge in [-0.05, 0) is 20.0 Å². The molecule has 68 valence electrons. The normalized spacial score (nSPS) is 10.4. The van der Waals surface area contributed by atoms with E-state index in [4.69, 9.17) is 11.6 Å². The number of hydrogen-bond donors (Lipinski definition) is 3. The molecule has 0 aliphatic rings. The highest BCUT2D eigenvalue weighted by Gasteiger charge is 2.04. The van der Waals surface area contributed by atoms with Crippen LogP contribution >= 0.6 is 0 Å². The first-order chi connectivity index (χ1) is 5.75. The first-order valence-corrected chi connectivity index (χ1v) is 3.85. The molecule has 0 atom stereocenters. The average Bonchev–Trinajstić information content (AvgIpc) is 2.36. The maximum Gasteiger partial charge on any atom is 0.240 e. The molecule has 0 radical (unpaired) electrons. The van der Waals surface area contributed by atoms with Crippen molar-refractivity contribution in [3.8, 4) is 0 Å². The number of nitrogens with one attached hydrogen (secondary N) is 1. The van der Waals surface area contributed by atoms with E-state index >= 15 is 0 Å². The third-order valence-corrected chi connectivity index (χ3v) is 1.62. The molecule has 0 saturated heterocycles. The van der Waals surface area contributed by atoms with Crippen molar-refractivity contribution < 1.29 is 0 Å². The highest BCUT2D eigenvalue weighted by Crippen LogP contribution is 1.99. The van der Waals surface area contributed by atoms with Crippen LogP contribution in [0.5, 0.6) is 0 Å². The summed E-state index contributed by atoms with van der Waals surface area (Å²) in [4.78, 5) is 0. The summed E-state index contributed by atoms with van der Waals surface area (Å²) >= 11 is 0. The van der Waals surface area contributed by atoms with Crippen LogP contribution in [0.4, 0.5) is 5.95 Å². The average molecular weight is 170 g/mol. The summed E-state index contributed by atoms with van der Waals surface area (Å²) in [6, 6.07) is 0. The summed E-state index contributed by atoms with van der Waals surface area (Å²) in [5.41, 5.74) is 5.39. The van der Waals surface area contributed by atoms with E-state index in [1.54, 1.807) is 0 Å². The maximum absolute atomic E-state index is 5.53. The Balaban J connectivity index is 2.46. The van der Waals surface area contributed by atoms with E-state index in [-0.39, 0.29) is 5.95 Å². The van der Waals surface area contributed by atoms with Gasteiger partial charge in [-0.2, -0.15) is 0 Å². The standard InChI is InChI=1S/C6H14N6/c1-9-4-2-3-5-10-11-6(7)12(5)8/h9H,2-4,8H2,1H3,(H2,7,11). The van der Waals surface area contributed by atoms with Crippen LogP contribution in [0.3, 0.4) is 0 Å². The number of nitrogen functional groups attached to an aromatic ring is 2. The molecular weight excluding hydrogens is 156 g/mol. The number of nitrogens with zero attached hydrogens (tertiary/aromatic N) is 3. The Morgan fingerprint density at radius 1 is 1.50 bits per heavy atom. The van der Waals surface area contributed by atoms with Crippen molar-refractivity contribution in [2.75, 3.05) is 25.2 Å². The van der Waals surface area contributed by atoms with Gasteiger partial charge in [0.15, 0.2) is 5.82 Å². The van der Waals surface area contributed by atoms with Crippen LogP contribution < -0.4 is 16.9 Å². The second-order valence-corrected chi connectivity index (χ2v) is 2.55. The predicted octanol–water partition coefficient (Wildman–Crippen LogP) is -1.27. The second-order valence-electron chi connectivity index (χ2n) is 2.55. The lowest BCUT2D eigenvalue weighted by molar-refractivity contribution is 0.688. The molecule has 0 unspecified atom stereocenters. The van der Waals surface area contributed by atoms with Crippen molar-refractivity contribution in [2.24, 2.45) is 0 Å². The molecule has 12 heavy (non-hydrogen) atoms. The molecule has 0 fully saturated rings. The van der Waals surface area contributed by atoms with Gasteiger partial charge in [-0.3, -0.25) is 0 Å². The molecule has 1 heterocycles. The highest BCUT2D eigenvalue weighted by molar-refractivity contribution is 5.16. The zero-order valence-corrected chi connectivity index (χ0v) is 7.12. The number of hydrogen-bond acceptors (Lipinski definition) is 5.